The van der Waals surface area contributed by atoms with Crippen molar-refractivity contribution >= 4 is 23.2 Å². The molecule has 27 heavy (non-hydrogen) atoms. The van der Waals surface area contributed by atoms with Crippen LogP contribution in [-0.4, -0.2) is 40.4 Å². The summed E-state index contributed by atoms with van der Waals surface area (Å²) in [4.78, 5) is 8.16. The molecule has 2 aromatic heterocycles. The smallest absolute Gasteiger partial charge is 0.153 e. The van der Waals surface area contributed by atoms with Gasteiger partial charge in [0.2, 0.25) is 0 Å². The fourth-order valence-corrected chi connectivity index (χ4v) is 3.47. The normalized spacial score (nSPS) is 14.9. The third-order valence-corrected chi connectivity index (χ3v) is 4.98. The molecule has 1 aliphatic heterocycles. The van der Waals surface area contributed by atoms with Crippen molar-refractivity contribution in [2.75, 3.05) is 25.5 Å². The maximum Gasteiger partial charge on any atom is 0.153 e. The minimum atomic E-state index is 0.349. The van der Waals surface area contributed by atoms with E-state index >= 15 is 0 Å². The van der Waals surface area contributed by atoms with Gasteiger partial charge in [-0.25, -0.2) is 9.97 Å². The number of rotatable bonds is 5. The van der Waals surface area contributed by atoms with E-state index in [1.54, 1.807) is 13.3 Å². The van der Waals surface area contributed by atoms with Crippen LogP contribution >= 0.6 is 11.6 Å². The van der Waals surface area contributed by atoms with Gasteiger partial charge in [-0.15, -0.1) is 0 Å². The van der Waals surface area contributed by atoms with Crippen molar-refractivity contribution in [2.24, 2.45) is 0 Å². The number of hydrogen-bond acceptors (Lipinski definition) is 6. The monoisotopic (exact) mass is 384 g/mol. The highest BCUT2D eigenvalue weighted by molar-refractivity contribution is 6.29. The lowest BCUT2D eigenvalue weighted by Gasteiger charge is -2.23. The zero-order chi connectivity index (χ0) is 18.6. The van der Waals surface area contributed by atoms with Gasteiger partial charge in [0.05, 0.1) is 25.2 Å². The van der Waals surface area contributed by atoms with Crippen LogP contribution in [0.25, 0.3) is 11.3 Å². The van der Waals surface area contributed by atoms with E-state index in [9.17, 15) is 0 Å². The lowest BCUT2D eigenvalue weighted by molar-refractivity contribution is 0.412. The number of nitrogens with one attached hydrogen (secondary N) is 3. The fourth-order valence-electron chi connectivity index (χ4n) is 3.37. The van der Waals surface area contributed by atoms with Crippen LogP contribution in [0.2, 0.25) is 5.15 Å². The number of hydrogen-bond donors (Lipinski definition) is 3. The Hall–Kier alpha value is -2.64. The molecule has 140 valence electrons. The molecule has 3 aromatic rings. The van der Waals surface area contributed by atoms with Gasteiger partial charge < -0.3 is 15.4 Å². The Morgan fingerprint density at radius 1 is 1.11 bits per heavy atom. The second-order valence-corrected chi connectivity index (χ2v) is 6.89. The zero-order valence-corrected chi connectivity index (χ0v) is 15.8. The molecule has 0 bridgehead atoms. The molecular formula is C19H21ClN6O. The number of aromatic amines is 1. The van der Waals surface area contributed by atoms with Crippen LogP contribution in [0.3, 0.4) is 0 Å². The molecule has 1 fully saturated rings. The molecule has 3 heterocycles. The van der Waals surface area contributed by atoms with Crippen LogP contribution in [0.5, 0.6) is 5.75 Å². The maximum absolute atomic E-state index is 5.76. The molecule has 3 N–H and O–H groups in total. The first-order valence-electron chi connectivity index (χ1n) is 8.92. The molecular weight excluding hydrogens is 364 g/mol. The summed E-state index contributed by atoms with van der Waals surface area (Å²) in [5.41, 5.74) is 3.16. The Kier molecular flexibility index (Phi) is 5.22. The number of anilines is 2. The van der Waals surface area contributed by atoms with Gasteiger partial charge in [-0.05, 0) is 49.5 Å². The van der Waals surface area contributed by atoms with E-state index in [4.69, 9.17) is 16.3 Å². The predicted octanol–water partition coefficient (Wildman–Crippen LogP) is 3.74. The van der Waals surface area contributed by atoms with Gasteiger partial charge in [0.15, 0.2) is 5.82 Å². The quantitative estimate of drug-likeness (QED) is 0.621. The minimum Gasteiger partial charge on any atom is -0.496 e. The highest BCUT2D eigenvalue weighted by Crippen LogP contribution is 2.35. The van der Waals surface area contributed by atoms with Crippen molar-refractivity contribution in [3.8, 4) is 17.0 Å². The van der Waals surface area contributed by atoms with Crippen molar-refractivity contribution in [2.45, 2.75) is 18.8 Å². The Bertz CT molecular complexity index is 905. The summed E-state index contributed by atoms with van der Waals surface area (Å²) in [7, 11) is 1.70. The van der Waals surface area contributed by atoms with Crippen molar-refractivity contribution in [3.63, 3.8) is 0 Å². The molecule has 0 amide bonds. The fraction of sp³-hybridized carbons (Fsp3) is 0.316. The van der Waals surface area contributed by atoms with Gasteiger partial charge in [-0.3, -0.25) is 5.10 Å². The first kappa shape index (κ1) is 17.8. The average Bonchev–Trinajstić information content (AvgIpc) is 3.18. The van der Waals surface area contributed by atoms with E-state index < -0.39 is 0 Å². The molecule has 7 nitrogen and oxygen atoms in total. The number of methoxy groups -OCH3 is 1. The van der Waals surface area contributed by atoms with E-state index in [0.717, 1.165) is 42.9 Å². The Labute approximate surface area is 162 Å². The SMILES string of the molecule is COc1cc(C2CCNCC2)ccc1-c1cc(Nc2cnc(Cl)cn2)n[nH]1. The van der Waals surface area contributed by atoms with Crippen LogP contribution in [0.15, 0.2) is 36.7 Å². The summed E-state index contributed by atoms with van der Waals surface area (Å²) in [5.74, 6) is 2.64. The van der Waals surface area contributed by atoms with Crippen LogP contribution < -0.4 is 15.4 Å². The second-order valence-electron chi connectivity index (χ2n) is 6.50. The van der Waals surface area contributed by atoms with Crippen molar-refractivity contribution in [3.05, 3.63) is 47.4 Å². The molecule has 0 aliphatic carbocycles. The Balaban J connectivity index is 1.55. The Morgan fingerprint density at radius 2 is 1.96 bits per heavy atom. The highest BCUT2D eigenvalue weighted by Gasteiger charge is 2.18. The number of H-pyrrole nitrogens is 1. The summed E-state index contributed by atoms with van der Waals surface area (Å²) in [6.07, 6.45) is 5.36. The number of piperidine rings is 1. The molecule has 1 saturated heterocycles. The molecule has 0 unspecified atom stereocenters. The number of benzene rings is 1. The van der Waals surface area contributed by atoms with E-state index in [2.05, 4.69) is 49.0 Å². The first-order chi connectivity index (χ1) is 13.2. The first-order valence-corrected chi connectivity index (χ1v) is 9.30. The summed E-state index contributed by atoms with van der Waals surface area (Å²) >= 11 is 5.76. The van der Waals surface area contributed by atoms with E-state index in [-0.39, 0.29) is 0 Å². The lowest BCUT2D eigenvalue weighted by atomic mass is 9.89. The van der Waals surface area contributed by atoms with Gasteiger partial charge in [-0.1, -0.05) is 17.7 Å². The standard InChI is InChI=1S/C19H21ClN6O/c1-27-16-8-13(12-4-6-21-7-5-12)2-3-14(16)15-9-18(26-25-15)24-19-11-22-17(20)10-23-19/h2-3,8-12,21H,4-7H2,1H3,(H2,23,24,25,26). The molecule has 0 saturated carbocycles. The molecule has 8 heteroatoms. The largest absolute Gasteiger partial charge is 0.496 e. The molecule has 0 spiro atoms. The highest BCUT2D eigenvalue weighted by atomic mass is 35.5. The van der Waals surface area contributed by atoms with Gasteiger partial charge in [0, 0.05) is 11.6 Å². The lowest BCUT2D eigenvalue weighted by Crippen LogP contribution is -2.26. The summed E-state index contributed by atoms with van der Waals surface area (Å²) in [6, 6.07) is 8.34. The summed E-state index contributed by atoms with van der Waals surface area (Å²) in [6.45, 7) is 2.13. The average molecular weight is 385 g/mol. The van der Waals surface area contributed by atoms with E-state index in [1.807, 2.05) is 6.07 Å². The van der Waals surface area contributed by atoms with Crippen LogP contribution in [0, 0.1) is 0 Å². The number of halogens is 1. The summed E-state index contributed by atoms with van der Waals surface area (Å²) in [5, 5.41) is 14.2. The molecule has 0 atom stereocenters. The number of aromatic nitrogens is 4. The van der Waals surface area contributed by atoms with Crippen LogP contribution in [0.4, 0.5) is 11.6 Å². The van der Waals surface area contributed by atoms with Crippen molar-refractivity contribution in [1.82, 2.24) is 25.5 Å². The zero-order valence-electron chi connectivity index (χ0n) is 15.0. The molecule has 1 aliphatic rings. The molecule has 4 rings (SSSR count). The minimum absolute atomic E-state index is 0.349. The van der Waals surface area contributed by atoms with Gasteiger partial charge >= 0.3 is 0 Å². The van der Waals surface area contributed by atoms with Crippen molar-refractivity contribution in [1.29, 1.82) is 0 Å². The van der Waals surface area contributed by atoms with Crippen LogP contribution in [-0.2, 0) is 0 Å². The molecule has 1 aromatic carbocycles. The van der Waals surface area contributed by atoms with Crippen molar-refractivity contribution < 1.29 is 4.74 Å². The maximum atomic E-state index is 5.76. The molecule has 0 radical (unpaired) electrons. The van der Waals surface area contributed by atoms with Gasteiger partial charge in [0.1, 0.15) is 16.7 Å². The van der Waals surface area contributed by atoms with Gasteiger partial charge in [-0.2, -0.15) is 5.10 Å². The predicted molar refractivity (Wildman–Crippen MR) is 106 cm³/mol. The number of nitrogens with zero attached hydrogens (tertiary/aromatic N) is 3. The third kappa shape index (κ3) is 4.04. The van der Waals surface area contributed by atoms with Gasteiger partial charge in [0.25, 0.3) is 0 Å². The Morgan fingerprint density at radius 3 is 2.70 bits per heavy atom. The topological polar surface area (TPSA) is 87.8 Å². The van der Waals surface area contributed by atoms with Crippen LogP contribution in [0.1, 0.15) is 24.3 Å². The number of ether oxygens (including phenoxy) is 1. The van der Waals surface area contributed by atoms with E-state index in [1.165, 1.54) is 11.8 Å². The third-order valence-electron chi connectivity index (χ3n) is 4.78. The second kappa shape index (κ2) is 7.94. The van der Waals surface area contributed by atoms with E-state index in [0.29, 0.717) is 22.7 Å². The summed E-state index contributed by atoms with van der Waals surface area (Å²) < 4.78 is 5.65.